The third-order valence-corrected chi connectivity index (χ3v) is 0.707. The van der Waals surface area contributed by atoms with Crippen LogP contribution in [0.5, 0.6) is 0 Å². The molecular weight excluding hydrogens is 312 g/mol. The number of rotatable bonds is 0. The minimum atomic E-state index is 0. The van der Waals surface area contributed by atoms with Gasteiger partial charge < -0.3 is 13.2 Å². The van der Waals surface area contributed by atoms with Gasteiger partial charge in [-0.1, -0.05) is 0 Å². The molecule has 2 heteroatoms. The molecule has 0 fully saturated rings. The largest absolute Gasteiger partial charge is 2.00 e. The van der Waals surface area contributed by atoms with Crippen LogP contribution in [0.3, 0.4) is 0 Å². The summed E-state index contributed by atoms with van der Waals surface area (Å²) in [5.41, 5.74) is 6.12. The number of hydrogen-bond donors (Lipinski definition) is 1. The molecule has 7 heavy (non-hydrogen) atoms. The van der Waals surface area contributed by atoms with Crippen molar-refractivity contribution in [3.63, 3.8) is 0 Å². The average molecular weight is 321 g/mol. The summed E-state index contributed by atoms with van der Waals surface area (Å²) in [6, 6.07) is 0. The van der Waals surface area contributed by atoms with Gasteiger partial charge in [-0.25, -0.2) is 12.5 Å². The zero-order valence-electron chi connectivity index (χ0n) is 4.44. The van der Waals surface area contributed by atoms with Gasteiger partial charge in [0.2, 0.25) is 0 Å². The van der Waals surface area contributed by atoms with E-state index in [1.807, 2.05) is 12.5 Å². The van der Waals surface area contributed by atoms with Gasteiger partial charge in [-0.05, 0) is 0 Å². The Balaban J connectivity index is 0. The molecule has 0 bridgehead atoms. The van der Waals surface area contributed by atoms with Crippen molar-refractivity contribution < 1.29 is 31.1 Å². The van der Waals surface area contributed by atoms with Crippen LogP contribution in [0, 0.1) is 45.0 Å². The SMILES string of the molecule is NC1=CC[CH-]1.[CH3-].[U+2]. The Morgan fingerprint density at radius 1 is 1.71 bits per heavy atom. The van der Waals surface area contributed by atoms with Crippen LogP contribution in [-0.2, 0) is 0 Å². The number of nitrogens with two attached hydrogens (primary N) is 1. The summed E-state index contributed by atoms with van der Waals surface area (Å²) in [6.07, 6.45) is 5.05. The molecule has 2 N–H and O–H groups in total. The first-order chi connectivity index (χ1) is 2.39. The number of allylic oxidation sites excluding steroid dienone is 2. The van der Waals surface area contributed by atoms with Crippen molar-refractivity contribution >= 4 is 0 Å². The summed E-state index contributed by atoms with van der Waals surface area (Å²) >= 11 is 0. The van der Waals surface area contributed by atoms with Gasteiger partial charge in [0, 0.05) is 0 Å². The maximum atomic E-state index is 5.18. The molecule has 0 unspecified atom stereocenters. The van der Waals surface area contributed by atoms with E-state index in [1.54, 1.807) is 0 Å². The van der Waals surface area contributed by atoms with Gasteiger partial charge >= 0.3 is 31.1 Å². The normalized spacial score (nSPS) is 13.4. The third kappa shape index (κ3) is 3.08. The maximum absolute atomic E-state index is 5.18. The summed E-state index contributed by atoms with van der Waals surface area (Å²) < 4.78 is 0. The molecule has 1 aliphatic rings. The fourth-order valence-corrected chi connectivity index (χ4v) is 0.254. The van der Waals surface area contributed by atoms with Gasteiger partial charge in [0.1, 0.15) is 0 Å². The second-order valence-corrected chi connectivity index (χ2v) is 1.14. The molecule has 0 spiro atoms. The topological polar surface area (TPSA) is 26.0 Å². The smallest absolute Gasteiger partial charge is 0.431 e. The first kappa shape index (κ1) is 10.4. The summed E-state index contributed by atoms with van der Waals surface area (Å²) in [7, 11) is 0. The first-order valence-corrected chi connectivity index (χ1v) is 1.68. The van der Waals surface area contributed by atoms with Gasteiger partial charge in [-0.2, -0.15) is 0 Å². The minimum absolute atomic E-state index is 0. The van der Waals surface area contributed by atoms with Crippen LogP contribution in [0.2, 0.25) is 0 Å². The fourth-order valence-electron chi connectivity index (χ4n) is 0.254. The second kappa shape index (κ2) is 4.62. The molecule has 1 aliphatic carbocycles. The quantitative estimate of drug-likeness (QED) is 0.659. The van der Waals surface area contributed by atoms with Crippen molar-refractivity contribution in [1.29, 1.82) is 0 Å². The predicted molar refractivity (Wildman–Crippen MR) is 27.6 cm³/mol. The van der Waals surface area contributed by atoms with Gasteiger partial charge in [-0.15, -0.1) is 12.1 Å². The van der Waals surface area contributed by atoms with Gasteiger partial charge in [0.15, 0.2) is 0 Å². The van der Waals surface area contributed by atoms with E-state index in [2.05, 4.69) is 0 Å². The van der Waals surface area contributed by atoms with E-state index in [0.717, 1.165) is 12.1 Å². The van der Waals surface area contributed by atoms with E-state index in [9.17, 15) is 0 Å². The van der Waals surface area contributed by atoms with Crippen molar-refractivity contribution in [2.45, 2.75) is 6.42 Å². The molecule has 1 rings (SSSR count). The molecule has 1 nitrogen and oxygen atoms in total. The average Bonchev–Trinajstić information content (AvgIpc) is 1.30. The summed E-state index contributed by atoms with van der Waals surface area (Å²) in [5.74, 6) is 0. The molecule has 0 atom stereocenters. The Kier molecular flexibility index (Phi) is 6.89. The van der Waals surface area contributed by atoms with E-state index < -0.39 is 0 Å². The molecule has 0 aromatic rings. The van der Waals surface area contributed by atoms with Gasteiger partial charge in [0.05, 0.1) is 0 Å². The van der Waals surface area contributed by atoms with Crippen molar-refractivity contribution in [3.05, 3.63) is 25.6 Å². The van der Waals surface area contributed by atoms with E-state index in [-0.39, 0.29) is 38.5 Å². The minimum Gasteiger partial charge on any atom is -0.431 e. The Morgan fingerprint density at radius 2 is 2.00 bits per heavy atom. The molecule has 0 heterocycles. The predicted octanol–water partition coefficient (Wildman–Crippen LogP) is 0.887. The Labute approximate surface area is 68.7 Å². The van der Waals surface area contributed by atoms with Crippen LogP contribution in [0.15, 0.2) is 11.8 Å². The van der Waals surface area contributed by atoms with Crippen molar-refractivity contribution in [1.82, 2.24) is 0 Å². The van der Waals surface area contributed by atoms with Crippen LogP contribution >= 0.6 is 0 Å². The third-order valence-electron chi connectivity index (χ3n) is 0.707. The fraction of sp³-hybridized carbons (Fsp3) is 0.200. The molecular formula is C5H9NU. The molecule has 0 amide bonds. The van der Waals surface area contributed by atoms with Crippen LogP contribution in [0.1, 0.15) is 6.42 Å². The Hall–Kier alpha value is 0.462. The monoisotopic (exact) mass is 321 g/mol. The Bertz CT molecular complexity index is 68.5. The van der Waals surface area contributed by atoms with E-state index >= 15 is 0 Å². The number of hydrogen-bond acceptors (Lipinski definition) is 1. The summed E-state index contributed by atoms with van der Waals surface area (Å²) in [6.45, 7) is 0. The van der Waals surface area contributed by atoms with Crippen LogP contribution in [-0.4, -0.2) is 0 Å². The maximum Gasteiger partial charge on any atom is 2.00 e. The Morgan fingerprint density at radius 3 is 2.00 bits per heavy atom. The summed E-state index contributed by atoms with van der Waals surface area (Å²) in [5, 5.41) is 0. The van der Waals surface area contributed by atoms with Crippen LogP contribution in [0.4, 0.5) is 0 Å². The zero-order chi connectivity index (χ0) is 3.70. The summed E-state index contributed by atoms with van der Waals surface area (Å²) in [4.78, 5) is 0. The molecule has 0 aromatic heterocycles. The van der Waals surface area contributed by atoms with E-state index in [4.69, 9.17) is 5.73 Å². The molecule has 0 aliphatic heterocycles. The second-order valence-electron chi connectivity index (χ2n) is 1.14. The standard InChI is InChI=1S/C4H6N.CH3.U/c5-4-2-1-3-4;;/h2-3H,1,5H2;1H3;/q2*-1;+2. The van der Waals surface area contributed by atoms with E-state index in [0.29, 0.717) is 0 Å². The molecule has 0 radical (unpaired) electrons. The van der Waals surface area contributed by atoms with Gasteiger partial charge in [0.25, 0.3) is 0 Å². The molecule has 0 aromatic carbocycles. The van der Waals surface area contributed by atoms with Crippen molar-refractivity contribution in [2.24, 2.45) is 5.73 Å². The van der Waals surface area contributed by atoms with E-state index in [1.165, 1.54) is 0 Å². The van der Waals surface area contributed by atoms with Crippen LogP contribution < -0.4 is 5.73 Å². The van der Waals surface area contributed by atoms with Crippen molar-refractivity contribution in [2.75, 3.05) is 0 Å². The zero-order valence-corrected chi connectivity index (χ0v) is 8.60. The molecule has 0 saturated heterocycles. The van der Waals surface area contributed by atoms with Gasteiger partial charge in [-0.3, -0.25) is 0 Å². The first-order valence-electron chi connectivity index (χ1n) is 1.68. The molecule has 38 valence electrons. The van der Waals surface area contributed by atoms with Crippen molar-refractivity contribution in [3.8, 4) is 0 Å². The molecule has 0 saturated carbocycles. The van der Waals surface area contributed by atoms with Crippen LogP contribution in [0.25, 0.3) is 0 Å².